The molecule has 2 unspecified atom stereocenters. The summed E-state index contributed by atoms with van der Waals surface area (Å²) >= 11 is 0. The van der Waals surface area contributed by atoms with Crippen molar-refractivity contribution in [2.45, 2.75) is 58.5 Å². The van der Waals surface area contributed by atoms with E-state index in [1.54, 1.807) is 11.8 Å². The molecule has 0 saturated carbocycles. The van der Waals surface area contributed by atoms with Crippen molar-refractivity contribution < 1.29 is 24.0 Å². The highest BCUT2D eigenvalue weighted by molar-refractivity contribution is 5.76. The van der Waals surface area contributed by atoms with E-state index in [1.165, 1.54) is 7.11 Å². The van der Waals surface area contributed by atoms with Crippen LogP contribution in [0.25, 0.3) is 0 Å². The number of hydrogen-bond acceptors (Lipinski definition) is 7. The van der Waals surface area contributed by atoms with Crippen molar-refractivity contribution in [3.05, 3.63) is 10.1 Å². The van der Waals surface area contributed by atoms with E-state index in [9.17, 15) is 19.7 Å². The molecule has 0 aliphatic carbocycles. The standard InChI is InChI=1S/C15H28N2O6/c1-5-16(6-2)14(15(19)23-7-3)12(17(20)21)10-8-9-11-13(18)22-4/h12,14H,5-11H2,1-4H3. The molecular weight excluding hydrogens is 304 g/mol. The first-order valence-corrected chi connectivity index (χ1v) is 8.03. The van der Waals surface area contributed by atoms with E-state index >= 15 is 0 Å². The van der Waals surface area contributed by atoms with Crippen LogP contribution in [-0.4, -0.2) is 60.7 Å². The largest absolute Gasteiger partial charge is 0.469 e. The van der Waals surface area contributed by atoms with E-state index in [4.69, 9.17) is 4.74 Å². The minimum atomic E-state index is -1.05. The predicted octanol–water partition coefficient (Wildman–Crippen LogP) is 1.64. The number of rotatable bonds is 12. The van der Waals surface area contributed by atoms with Crippen LogP contribution in [0.15, 0.2) is 0 Å². The van der Waals surface area contributed by atoms with Crippen LogP contribution in [0.5, 0.6) is 0 Å². The van der Waals surface area contributed by atoms with E-state index in [2.05, 4.69) is 4.74 Å². The van der Waals surface area contributed by atoms with Gasteiger partial charge in [-0.25, -0.2) is 0 Å². The Hall–Kier alpha value is -1.70. The summed E-state index contributed by atoms with van der Waals surface area (Å²) in [5.74, 6) is -0.904. The minimum absolute atomic E-state index is 0.184. The van der Waals surface area contributed by atoms with E-state index < -0.39 is 23.0 Å². The Morgan fingerprint density at radius 1 is 1.17 bits per heavy atom. The lowest BCUT2D eigenvalue weighted by molar-refractivity contribution is -0.529. The smallest absolute Gasteiger partial charge is 0.330 e. The maximum Gasteiger partial charge on any atom is 0.330 e. The molecule has 0 aromatic carbocycles. The highest BCUT2D eigenvalue weighted by Crippen LogP contribution is 2.17. The lowest BCUT2D eigenvalue weighted by atomic mass is 10.00. The van der Waals surface area contributed by atoms with E-state index in [1.807, 2.05) is 13.8 Å². The fourth-order valence-electron chi connectivity index (χ4n) is 2.50. The molecule has 0 radical (unpaired) electrons. The Bertz CT molecular complexity index is 384. The van der Waals surface area contributed by atoms with Crippen molar-refractivity contribution in [1.82, 2.24) is 4.90 Å². The number of hydrogen-bond donors (Lipinski definition) is 0. The summed E-state index contributed by atoms with van der Waals surface area (Å²) in [6.07, 6.45) is 1.39. The molecule has 0 heterocycles. The van der Waals surface area contributed by atoms with Gasteiger partial charge in [-0.2, -0.15) is 0 Å². The zero-order chi connectivity index (χ0) is 17.8. The molecule has 0 bridgehead atoms. The summed E-state index contributed by atoms with van der Waals surface area (Å²) < 4.78 is 9.56. The number of esters is 2. The molecule has 0 aromatic rings. The molecule has 8 nitrogen and oxygen atoms in total. The monoisotopic (exact) mass is 332 g/mol. The lowest BCUT2D eigenvalue weighted by Crippen LogP contribution is -2.52. The van der Waals surface area contributed by atoms with Gasteiger partial charge in [0.1, 0.15) is 0 Å². The molecule has 134 valence electrons. The van der Waals surface area contributed by atoms with Gasteiger partial charge in [0, 0.05) is 17.8 Å². The highest BCUT2D eigenvalue weighted by Gasteiger charge is 2.41. The second kappa shape index (κ2) is 11.8. The number of nitro groups is 1. The number of unbranched alkanes of at least 4 members (excludes halogenated alkanes) is 1. The van der Waals surface area contributed by atoms with E-state index in [0.717, 1.165) is 0 Å². The Morgan fingerprint density at radius 2 is 1.78 bits per heavy atom. The molecule has 0 aliphatic heterocycles. The SMILES string of the molecule is CCOC(=O)C(C(CCCCC(=O)OC)[N+](=O)[O-])N(CC)CC. The predicted molar refractivity (Wildman–Crippen MR) is 84.6 cm³/mol. The van der Waals surface area contributed by atoms with E-state index in [-0.39, 0.29) is 25.4 Å². The molecule has 0 saturated heterocycles. The van der Waals surface area contributed by atoms with Gasteiger partial charge >= 0.3 is 11.9 Å². The fraction of sp³-hybridized carbons (Fsp3) is 0.867. The topological polar surface area (TPSA) is 99.0 Å². The molecule has 0 aromatic heterocycles. The van der Waals surface area contributed by atoms with Crippen molar-refractivity contribution in [3.63, 3.8) is 0 Å². The van der Waals surface area contributed by atoms with Crippen LogP contribution in [0.1, 0.15) is 46.5 Å². The van der Waals surface area contributed by atoms with Crippen molar-refractivity contribution >= 4 is 11.9 Å². The van der Waals surface area contributed by atoms with Crippen molar-refractivity contribution in [1.29, 1.82) is 0 Å². The second-order valence-corrected chi connectivity index (χ2v) is 5.09. The summed E-state index contributed by atoms with van der Waals surface area (Å²) in [5.41, 5.74) is 0. The van der Waals surface area contributed by atoms with Crippen molar-refractivity contribution in [3.8, 4) is 0 Å². The average molecular weight is 332 g/mol. The minimum Gasteiger partial charge on any atom is -0.469 e. The third kappa shape index (κ3) is 7.40. The number of carbonyl (C=O) groups excluding carboxylic acids is 2. The van der Waals surface area contributed by atoms with E-state index in [0.29, 0.717) is 25.9 Å². The third-order valence-corrected chi connectivity index (χ3v) is 3.73. The van der Waals surface area contributed by atoms with Crippen LogP contribution in [0.4, 0.5) is 0 Å². The summed E-state index contributed by atoms with van der Waals surface area (Å²) in [6.45, 7) is 6.60. The Kier molecular flexibility index (Phi) is 10.9. The quantitative estimate of drug-likeness (QED) is 0.232. The van der Waals surface area contributed by atoms with Crippen LogP contribution in [0.2, 0.25) is 0 Å². The van der Waals surface area contributed by atoms with Gasteiger partial charge in [-0.05, 0) is 32.9 Å². The second-order valence-electron chi connectivity index (χ2n) is 5.09. The summed E-state index contributed by atoms with van der Waals surface area (Å²) in [5, 5.41) is 11.4. The number of likely N-dealkylation sites (N-methyl/N-ethyl adjacent to an activating group) is 1. The van der Waals surface area contributed by atoms with Crippen LogP contribution >= 0.6 is 0 Å². The van der Waals surface area contributed by atoms with Crippen LogP contribution < -0.4 is 0 Å². The molecule has 23 heavy (non-hydrogen) atoms. The van der Waals surface area contributed by atoms with Crippen molar-refractivity contribution in [2.24, 2.45) is 0 Å². The van der Waals surface area contributed by atoms with Crippen molar-refractivity contribution in [2.75, 3.05) is 26.8 Å². The number of methoxy groups -OCH3 is 1. The molecule has 0 rings (SSSR count). The molecule has 0 N–H and O–H groups in total. The maximum absolute atomic E-state index is 12.2. The lowest BCUT2D eigenvalue weighted by Gasteiger charge is -2.29. The molecule has 0 aliphatic rings. The summed E-state index contributed by atoms with van der Waals surface area (Å²) in [4.78, 5) is 36.0. The number of carbonyl (C=O) groups is 2. The Labute approximate surface area is 137 Å². The molecule has 2 atom stereocenters. The van der Waals surface area contributed by atoms with Crippen LogP contribution in [0.3, 0.4) is 0 Å². The van der Waals surface area contributed by atoms with Crippen LogP contribution in [0, 0.1) is 10.1 Å². The number of ether oxygens (including phenoxy) is 2. The average Bonchev–Trinajstić information content (AvgIpc) is 2.53. The van der Waals surface area contributed by atoms with Gasteiger partial charge in [0.15, 0.2) is 6.04 Å². The van der Waals surface area contributed by atoms with Gasteiger partial charge in [0.2, 0.25) is 6.04 Å². The van der Waals surface area contributed by atoms with Gasteiger partial charge in [0.05, 0.1) is 13.7 Å². The molecule has 0 fully saturated rings. The van der Waals surface area contributed by atoms with Gasteiger partial charge in [-0.3, -0.25) is 24.6 Å². The first-order chi connectivity index (χ1) is 10.9. The molecule has 0 spiro atoms. The van der Waals surface area contributed by atoms with Gasteiger partial charge < -0.3 is 9.47 Å². The zero-order valence-electron chi connectivity index (χ0n) is 14.4. The zero-order valence-corrected chi connectivity index (χ0v) is 14.4. The van der Waals surface area contributed by atoms with Crippen LogP contribution in [-0.2, 0) is 19.1 Å². The first-order valence-electron chi connectivity index (χ1n) is 8.03. The highest BCUT2D eigenvalue weighted by atomic mass is 16.6. The number of nitrogens with zero attached hydrogens (tertiary/aromatic N) is 2. The third-order valence-electron chi connectivity index (χ3n) is 3.73. The van der Waals surface area contributed by atoms with Gasteiger partial charge in [-0.15, -0.1) is 0 Å². The Morgan fingerprint density at radius 3 is 2.22 bits per heavy atom. The maximum atomic E-state index is 12.2. The van der Waals surface area contributed by atoms with Gasteiger partial charge in [0.25, 0.3) is 0 Å². The molecular formula is C15H28N2O6. The normalized spacial score (nSPS) is 13.4. The summed E-state index contributed by atoms with van der Waals surface area (Å²) in [6, 6.07) is -1.95. The Balaban J connectivity index is 4.95. The van der Waals surface area contributed by atoms with Gasteiger partial charge in [-0.1, -0.05) is 13.8 Å². The summed E-state index contributed by atoms with van der Waals surface area (Å²) in [7, 11) is 1.30. The molecule has 0 amide bonds. The molecule has 8 heteroatoms. The fourth-order valence-corrected chi connectivity index (χ4v) is 2.50. The first kappa shape index (κ1) is 21.3.